The lowest BCUT2D eigenvalue weighted by Gasteiger charge is -2.14. The largest absolute Gasteiger partial charge is 0.402 e. The van der Waals surface area contributed by atoms with Gasteiger partial charge in [-0.2, -0.15) is 0 Å². The molecule has 0 radical (unpaired) electrons. The van der Waals surface area contributed by atoms with E-state index in [0.29, 0.717) is 0 Å². The fraction of sp³-hybridized carbons (Fsp3) is 0.500. The lowest BCUT2D eigenvalue weighted by Crippen LogP contribution is -2.09. The summed E-state index contributed by atoms with van der Waals surface area (Å²) in [6, 6.07) is 0. The number of nitrogens with two attached hydrogens (primary N) is 1. The topological polar surface area (TPSA) is 46.2 Å². The minimum absolute atomic E-state index is 0.0775. The van der Waals surface area contributed by atoms with Crippen molar-refractivity contribution in [1.29, 1.82) is 0 Å². The van der Waals surface area contributed by atoms with E-state index in [1.54, 1.807) is 0 Å². The molecule has 0 saturated heterocycles. The van der Waals surface area contributed by atoms with Crippen LogP contribution >= 0.6 is 0 Å². The van der Waals surface area contributed by atoms with Gasteiger partial charge in [0.15, 0.2) is 0 Å². The van der Waals surface area contributed by atoms with Crippen molar-refractivity contribution in [3.63, 3.8) is 0 Å². The highest BCUT2D eigenvalue weighted by Gasteiger charge is 2.08. The molecule has 0 unspecified atom stereocenters. The van der Waals surface area contributed by atoms with Crippen LogP contribution in [0.3, 0.4) is 0 Å². The van der Waals surface area contributed by atoms with Gasteiger partial charge in [0.05, 0.1) is 6.61 Å². The maximum Gasteiger partial charge on any atom is 0.0701 e. The second-order valence-corrected chi connectivity index (χ2v) is 2.59. The fourth-order valence-corrected chi connectivity index (χ4v) is 1.20. The molecular formula is C8H13NO. The lowest BCUT2D eigenvalue weighted by molar-refractivity contribution is 0.331. The maximum absolute atomic E-state index is 8.85. The molecule has 0 aromatic carbocycles. The van der Waals surface area contributed by atoms with E-state index in [1.165, 1.54) is 0 Å². The Bertz CT molecular complexity index is 191. The molecule has 0 saturated carbocycles. The molecule has 0 aromatic rings. The smallest absolute Gasteiger partial charge is 0.0701 e. The average molecular weight is 139 g/mol. The van der Waals surface area contributed by atoms with Gasteiger partial charge in [0.25, 0.3) is 0 Å². The molecule has 0 bridgehead atoms. The van der Waals surface area contributed by atoms with Crippen molar-refractivity contribution in [3.8, 4) is 0 Å². The fourth-order valence-electron chi connectivity index (χ4n) is 1.20. The summed E-state index contributed by atoms with van der Waals surface area (Å²) in [5.41, 5.74) is 8.56. The van der Waals surface area contributed by atoms with Crippen molar-refractivity contribution in [1.82, 2.24) is 0 Å². The van der Waals surface area contributed by atoms with E-state index in [1.807, 2.05) is 6.92 Å². The number of hydrogen-bond acceptors (Lipinski definition) is 2. The highest BCUT2D eigenvalue weighted by Crippen LogP contribution is 2.20. The van der Waals surface area contributed by atoms with E-state index in [4.69, 9.17) is 10.8 Å². The first-order chi connectivity index (χ1) is 4.75. The van der Waals surface area contributed by atoms with Gasteiger partial charge in [-0.15, -0.1) is 0 Å². The zero-order chi connectivity index (χ0) is 7.56. The first kappa shape index (κ1) is 7.35. The third-order valence-electron chi connectivity index (χ3n) is 1.89. The van der Waals surface area contributed by atoms with Crippen molar-refractivity contribution < 1.29 is 5.11 Å². The summed E-state index contributed by atoms with van der Waals surface area (Å²) in [5.74, 6) is 0. The van der Waals surface area contributed by atoms with Gasteiger partial charge in [-0.25, -0.2) is 0 Å². The van der Waals surface area contributed by atoms with Crippen LogP contribution in [-0.4, -0.2) is 11.7 Å². The van der Waals surface area contributed by atoms with Gasteiger partial charge in [-0.05, 0) is 30.9 Å². The summed E-state index contributed by atoms with van der Waals surface area (Å²) >= 11 is 0. The standard InChI is InChI=1S/C8H13NO/c1-6-3-2-4-8(9)7(6)5-10/h3,10H,2,4-5,9H2,1H3. The number of aliphatic hydroxyl groups excluding tert-OH is 1. The van der Waals surface area contributed by atoms with Crippen molar-refractivity contribution in [3.05, 3.63) is 22.9 Å². The van der Waals surface area contributed by atoms with E-state index >= 15 is 0 Å². The van der Waals surface area contributed by atoms with E-state index in [-0.39, 0.29) is 6.61 Å². The number of rotatable bonds is 1. The Balaban J connectivity index is 2.87. The number of allylic oxidation sites excluding steroid dienone is 2. The van der Waals surface area contributed by atoms with Gasteiger partial charge in [-0.3, -0.25) is 0 Å². The molecule has 3 N–H and O–H groups in total. The predicted molar refractivity (Wildman–Crippen MR) is 41.3 cm³/mol. The van der Waals surface area contributed by atoms with Crippen LogP contribution in [-0.2, 0) is 0 Å². The van der Waals surface area contributed by atoms with E-state index in [0.717, 1.165) is 29.7 Å². The zero-order valence-electron chi connectivity index (χ0n) is 6.22. The van der Waals surface area contributed by atoms with Crippen LogP contribution in [0, 0.1) is 0 Å². The van der Waals surface area contributed by atoms with Crippen LogP contribution in [0.15, 0.2) is 22.9 Å². The summed E-state index contributed by atoms with van der Waals surface area (Å²) in [5, 5.41) is 8.85. The van der Waals surface area contributed by atoms with Gasteiger partial charge in [0.1, 0.15) is 0 Å². The monoisotopic (exact) mass is 139 g/mol. The molecule has 10 heavy (non-hydrogen) atoms. The van der Waals surface area contributed by atoms with Crippen molar-refractivity contribution in [2.75, 3.05) is 6.61 Å². The lowest BCUT2D eigenvalue weighted by atomic mass is 9.97. The minimum Gasteiger partial charge on any atom is -0.402 e. The second-order valence-electron chi connectivity index (χ2n) is 2.59. The van der Waals surface area contributed by atoms with Gasteiger partial charge in [0, 0.05) is 5.70 Å². The van der Waals surface area contributed by atoms with E-state index in [9.17, 15) is 0 Å². The minimum atomic E-state index is 0.0775. The molecule has 2 nitrogen and oxygen atoms in total. The molecule has 1 rings (SSSR count). The van der Waals surface area contributed by atoms with Crippen LogP contribution in [0.25, 0.3) is 0 Å². The van der Waals surface area contributed by atoms with Gasteiger partial charge < -0.3 is 10.8 Å². The maximum atomic E-state index is 8.85. The molecule has 1 aliphatic rings. The Morgan fingerprint density at radius 3 is 2.80 bits per heavy atom. The third-order valence-corrected chi connectivity index (χ3v) is 1.89. The van der Waals surface area contributed by atoms with Crippen LogP contribution in [0.5, 0.6) is 0 Å². The van der Waals surface area contributed by atoms with Crippen LogP contribution in [0.4, 0.5) is 0 Å². The van der Waals surface area contributed by atoms with Crippen LogP contribution in [0.1, 0.15) is 19.8 Å². The first-order valence-electron chi connectivity index (χ1n) is 3.51. The summed E-state index contributed by atoms with van der Waals surface area (Å²) in [4.78, 5) is 0. The van der Waals surface area contributed by atoms with Crippen molar-refractivity contribution >= 4 is 0 Å². The number of hydrogen-bond donors (Lipinski definition) is 2. The molecule has 0 amide bonds. The average Bonchev–Trinajstić information content (AvgIpc) is 1.88. The summed E-state index contributed by atoms with van der Waals surface area (Å²) in [6.45, 7) is 2.06. The highest BCUT2D eigenvalue weighted by molar-refractivity contribution is 5.35. The Morgan fingerprint density at radius 1 is 1.70 bits per heavy atom. The van der Waals surface area contributed by atoms with Crippen LogP contribution in [0.2, 0.25) is 0 Å². The van der Waals surface area contributed by atoms with Gasteiger partial charge in [-0.1, -0.05) is 6.08 Å². The Labute approximate surface area is 61.0 Å². The molecule has 0 aromatic heterocycles. The van der Waals surface area contributed by atoms with Gasteiger partial charge in [0.2, 0.25) is 0 Å². The van der Waals surface area contributed by atoms with E-state index < -0.39 is 0 Å². The molecule has 2 heteroatoms. The SMILES string of the molecule is CC1=CCCC(N)=C1CO. The summed E-state index contributed by atoms with van der Waals surface area (Å²) < 4.78 is 0. The number of aliphatic hydroxyl groups is 1. The Hall–Kier alpha value is -0.760. The van der Waals surface area contributed by atoms with Crippen molar-refractivity contribution in [2.24, 2.45) is 5.73 Å². The zero-order valence-corrected chi connectivity index (χ0v) is 6.22. The van der Waals surface area contributed by atoms with E-state index in [2.05, 4.69) is 6.08 Å². The summed E-state index contributed by atoms with van der Waals surface area (Å²) in [6.07, 6.45) is 4.02. The Kier molecular flexibility index (Phi) is 2.12. The molecule has 0 heterocycles. The molecule has 0 spiro atoms. The molecule has 0 aliphatic heterocycles. The highest BCUT2D eigenvalue weighted by atomic mass is 16.3. The molecule has 1 aliphatic carbocycles. The molecule has 56 valence electrons. The first-order valence-corrected chi connectivity index (χ1v) is 3.51. The summed E-state index contributed by atoms with van der Waals surface area (Å²) in [7, 11) is 0. The van der Waals surface area contributed by atoms with Crippen molar-refractivity contribution in [2.45, 2.75) is 19.8 Å². The van der Waals surface area contributed by atoms with Gasteiger partial charge >= 0.3 is 0 Å². The van der Waals surface area contributed by atoms with Crippen LogP contribution < -0.4 is 5.73 Å². The third kappa shape index (κ3) is 1.21. The normalized spacial score (nSPS) is 19.2. The Morgan fingerprint density at radius 2 is 2.40 bits per heavy atom. The molecule has 0 atom stereocenters. The second kappa shape index (κ2) is 2.88. The molecule has 0 fully saturated rings. The predicted octanol–water partition coefficient (Wildman–Crippen LogP) is 0.932. The quantitative estimate of drug-likeness (QED) is 0.567. The molecular weight excluding hydrogens is 126 g/mol.